The summed E-state index contributed by atoms with van der Waals surface area (Å²) in [5.41, 5.74) is 11.7. The van der Waals surface area contributed by atoms with Gasteiger partial charge in [0.25, 0.3) is 0 Å². The highest BCUT2D eigenvalue weighted by atomic mass is 16.5. The van der Waals surface area contributed by atoms with Crippen LogP contribution in [0.4, 0.5) is 0 Å². The maximum Gasteiger partial charge on any atom is 0.164 e. The minimum Gasteiger partial charge on any atom is -0.456 e. The molecule has 8 aromatic carbocycles. The molecule has 0 unspecified atom stereocenters. The average molecular weight is 678 g/mol. The normalized spacial score (nSPS) is 11.5. The number of hydrogen-bond acceptors (Lipinski definition) is 4. The molecule has 1 aliphatic heterocycles. The Kier molecular flexibility index (Phi) is 7.43. The molecule has 0 saturated heterocycles. The zero-order chi connectivity index (χ0) is 35.1. The highest BCUT2D eigenvalue weighted by Gasteiger charge is 2.20. The van der Waals surface area contributed by atoms with E-state index < -0.39 is 0 Å². The molecule has 0 N–H and O–H groups in total. The average Bonchev–Trinajstić information content (AvgIpc) is 3.24. The van der Waals surface area contributed by atoms with Crippen LogP contribution in [0.3, 0.4) is 0 Å². The first-order valence-electron chi connectivity index (χ1n) is 17.8. The molecule has 0 radical (unpaired) electrons. The molecule has 9 aromatic rings. The van der Waals surface area contributed by atoms with Crippen LogP contribution >= 0.6 is 0 Å². The van der Waals surface area contributed by atoms with Crippen molar-refractivity contribution in [3.05, 3.63) is 188 Å². The number of aromatic nitrogens is 3. The fourth-order valence-corrected chi connectivity index (χ4v) is 7.26. The first-order valence-corrected chi connectivity index (χ1v) is 17.8. The number of nitrogens with zero attached hydrogens (tertiary/aromatic N) is 3. The van der Waals surface area contributed by atoms with E-state index in [1.54, 1.807) is 0 Å². The minimum absolute atomic E-state index is 0.616. The molecule has 53 heavy (non-hydrogen) atoms. The molecule has 4 heteroatoms. The molecule has 0 amide bonds. The summed E-state index contributed by atoms with van der Waals surface area (Å²) in [6.07, 6.45) is 0. The molecule has 1 aliphatic rings. The number of rotatable bonds is 6. The van der Waals surface area contributed by atoms with Crippen LogP contribution in [0.25, 0.3) is 89.4 Å². The Morgan fingerprint density at radius 3 is 1.38 bits per heavy atom. The number of hydrogen-bond donors (Lipinski definition) is 0. The molecule has 0 atom stereocenters. The summed E-state index contributed by atoms with van der Waals surface area (Å²) < 4.78 is 6.46. The van der Waals surface area contributed by atoms with Crippen LogP contribution in [0.2, 0.25) is 0 Å². The van der Waals surface area contributed by atoms with Gasteiger partial charge in [-0.2, -0.15) is 0 Å². The van der Waals surface area contributed by atoms with E-state index in [9.17, 15) is 0 Å². The van der Waals surface area contributed by atoms with Crippen molar-refractivity contribution in [3.8, 4) is 90.2 Å². The number of benzene rings is 8. The summed E-state index contributed by atoms with van der Waals surface area (Å²) in [6, 6.07) is 65.2. The van der Waals surface area contributed by atoms with Gasteiger partial charge in [-0.25, -0.2) is 15.0 Å². The van der Waals surface area contributed by atoms with Gasteiger partial charge < -0.3 is 4.74 Å². The highest BCUT2D eigenvalue weighted by molar-refractivity contribution is 6.04. The summed E-state index contributed by atoms with van der Waals surface area (Å²) in [6.45, 7) is 0. The fourth-order valence-electron chi connectivity index (χ4n) is 7.26. The van der Waals surface area contributed by atoms with Crippen molar-refractivity contribution in [2.45, 2.75) is 0 Å². The summed E-state index contributed by atoms with van der Waals surface area (Å²) >= 11 is 0. The predicted octanol–water partition coefficient (Wildman–Crippen LogP) is 12.8. The summed E-state index contributed by atoms with van der Waals surface area (Å²) in [5, 5.41) is 2.34. The predicted molar refractivity (Wildman–Crippen MR) is 215 cm³/mol. The largest absolute Gasteiger partial charge is 0.456 e. The van der Waals surface area contributed by atoms with Gasteiger partial charge in [0.15, 0.2) is 17.5 Å². The van der Waals surface area contributed by atoms with E-state index in [1.165, 1.54) is 10.9 Å². The molecule has 0 bridgehead atoms. The smallest absolute Gasteiger partial charge is 0.164 e. The second kappa shape index (κ2) is 12.9. The number of fused-ring (bicyclic) bond motifs is 2. The third-order valence-electron chi connectivity index (χ3n) is 9.91. The topological polar surface area (TPSA) is 47.9 Å². The Labute approximate surface area is 307 Å². The van der Waals surface area contributed by atoms with E-state index in [0.717, 1.165) is 72.5 Å². The van der Waals surface area contributed by atoms with E-state index in [4.69, 9.17) is 19.7 Å². The van der Waals surface area contributed by atoms with Gasteiger partial charge in [-0.15, -0.1) is 0 Å². The lowest BCUT2D eigenvalue weighted by Gasteiger charge is -2.22. The zero-order valence-electron chi connectivity index (χ0n) is 28.6. The third-order valence-corrected chi connectivity index (χ3v) is 9.91. The summed E-state index contributed by atoms with van der Waals surface area (Å²) in [7, 11) is 0. The molecule has 2 heterocycles. The van der Waals surface area contributed by atoms with Crippen molar-refractivity contribution in [3.63, 3.8) is 0 Å². The second-order valence-electron chi connectivity index (χ2n) is 13.3. The van der Waals surface area contributed by atoms with E-state index >= 15 is 0 Å². The molecule has 248 valence electrons. The van der Waals surface area contributed by atoms with Crippen LogP contribution in [-0.4, -0.2) is 15.0 Å². The number of ether oxygens (including phenoxy) is 1. The maximum absolute atomic E-state index is 6.46. The van der Waals surface area contributed by atoms with Crippen molar-refractivity contribution in [2.24, 2.45) is 0 Å². The monoisotopic (exact) mass is 677 g/mol. The van der Waals surface area contributed by atoms with Gasteiger partial charge in [-0.3, -0.25) is 0 Å². The van der Waals surface area contributed by atoms with Crippen LogP contribution in [0.1, 0.15) is 0 Å². The molecule has 4 nitrogen and oxygen atoms in total. The van der Waals surface area contributed by atoms with E-state index in [-0.39, 0.29) is 0 Å². The van der Waals surface area contributed by atoms with Crippen LogP contribution in [0.15, 0.2) is 188 Å². The standard InChI is InChI=1S/C49H31N3O/c1-4-12-32(13-5-1)39-28-40(33-14-6-2-7-15-33)30-41(29-39)49-51-47(36-16-8-3-9-17-36)50-48(52-49)37-24-22-34(23-25-37)38-26-27-42-43-20-10-18-35-19-11-21-44(46(35)43)53-45(42)31-38/h1-31H. The quantitative estimate of drug-likeness (QED) is 0.176. The molecule has 0 saturated carbocycles. The first kappa shape index (κ1) is 30.6. The maximum atomic E-state index is 6.46. The molecular weight excluding hydrogens is 647 g/mol. The fraction of sp³-hybridized carbons (Fsp3) is 0. The van der Waals surface area contributed by atoms with Crippen LogP contribution < -0.4 is 4.74 Å². The zero-order valence-corrected chi connectivity index (χ0v) is 28.6. The van der Waals surface area contributed by atoms with E-state index in [0.29, 0.717) is 17.5 Å². The molecule has 0 spiro atoms. The molecular formula is C49H31N3O. The Hall–Kier alpha value is -7.17. The summed E-state index contributed by atoms with van der Waals surface area (Å²) in [5.74, 6) is 3.62. The lowest BCUT2D eigenvalue weighted by atomic mass is 9.93. The lowest BCUT2D eigenvalue weighted by Crippen LogP contribution is -2.00. The van der Waals surface area contributed by atoms with Gasteiger partial charge >= 0.3 is 0 Å². The summed E-state index contributed by atoms with van der Waals surface area (Å²) in [4.78, 5) is 15.2. The van der Waals surface area contributed by atoms with Crippen molar-refractivity contribution < 1.29 is 4.74 Å². The minimum atomic E-state index is 0.616. The van der Waals surface area contributed by atoms with Crippen molar-refractivity contribution in [1.29, 1.82) is 0 Å². The van der Waals surface area contributed by atoms with Crippen molar-refractivity contribution in [2.75, 3.05) is 0 Å². The Morgan fingerprint density at radius 2 is 0.755 bits per heavy atom. The molecule has 0 fully saturated rings. The molecule has 1 aromatic heterocycles. The third kappa shape index (κ3) is 5.73. The van der Waals surface area contributed by atoms with Crippen LogP contribution in [-0.2, 0) is 0 Å². The van der Waals surface area contributed by atoms with Crippen molar-refractivity contribution >= 4 is 10.8 Å². The SMILES string of the molecule is c1ccc(-c2cc(-c3ccccc3)cc(-c3nc(-c4ccccc4)nc(-c4ccc(-c5ccc6c(c5)Oc5cccc7cccc-6c57)cc4)n3)c2)cc1. The lowest BCUT2D eigenvalue weighted by molar-refractivity contribution is 0.487. The first-order chi connectivity index (χ1) is 26.2. The van der Waals surface area contributed by atoms with E-state index in [2.05, 4.69) is 133 Å². The van der Waals surface area contributed by atoms with Crippen LogP contribution in [0, 0.1) is 0 Å². The second-order valence-corrected chi connectivity index (χ2v) is 13.3. The Bertz CT molecular complexity index is 2720. The van der Waals surface area contributed by atoms with Gasteiger partial charge in [0.2, 0.25) is 0 Å². The van der Waals surface area contributed by atoms with Gasteiger partial charge in [-0.1, -0.05) is 152 Å². The Balaban J connectivity index is 1.06. The highest BCUT2D eigenvalue weighted by Crippen LogP contribution is 2.47. The van der Waals surface area contributed by atoms with Crippen LogP contribution in [0.5, 0.6) is 11.5 Å². The van der Waals surface area contributed by atoms with Gasteiger partial charge in [0.05, 0.1) is 0 Å². The molecule has 0 aliphatic carbocycles. The van der Waals surface area contributed by atoms with Gasteiger partial charge in [0, 0.05) is 27.6 Å². The Morgan fingerprint density at radius 1 is 0.283 bits per heavy atom. The van der Waals surface area contributed by atoms with Crippen molar-refractivity contribution in [1.82, 2.24) is 15.0 Å². The molecule has 10 rings (SSSR count). The van der Waals surface area contributed by atoms with Gasteiger partial charge in [0.1, 0.15) is 11.5 Å². The van der Waals surface area contributed by atoms with Gasteiger partial charge in [-0.05, 0) is 80.7 Å². The van der Waals surface area contributed by atoms with E-state index in [1.807, 2.05) is 54.6 Å².